The van der Waals surface area contributed by atoms with Crippen molar-refractivity contribution in [2.45, 2.75) is 0 Å². The van der Waals surface area contributed by atoms with Crippen LogP contribution in [0.4, 0.5) is 5.69 Å². The minimum absolute atomic E-state index is 0.0292. The molecule has 0 saturated carbocycles. The number of ether oxygens (including phenoxy) is 2. The van der Waals surface area contributed by atoms with Crippen LogP contribution in [0.5, 0.6) is 11.5 Å². The summed E-state index contributed by atoms with van der Waals surface area (Å²) in [6.07, 6.45) is 1.48. The summed E-state index contributed by atoms with van der Waals surface area (Å²) in [6.45, 7) is 0. The fourth-order valence-corrected chi connectivity index (χ4v) is 2.41. The Kier molecular flexibility index (Phi) is 5.99. The molecule has 1 amide bonds. The van der Waals surface area contributed by atoms with E-state index in [0.717, 1.165) is 4.47 Å². The van der Waals surface area contributed by atoms with Crippen molar-refractivity contribution in [3.05, 3.63) is 58.1 Å². The Bertz CT molecular complexity index is 825. The number of hydrogen-bond acceptors (Lipinski definition) is 4. The van der Waals surface area contributed by atoms with Gasteiger partial charge in [0, 0.05) is 21.8 Å². The number of benzene rings is 2. The summed E-state index contributed by atoms with van der Waals surface area (Å²) in [6, 6.07) is 14.2. The molecular weight excluding hydrogens is 372 g/mol. The van der Waals surface area contributed by atoms with Crippen LogP contribution in [0.15, 0.2) is 52.5 Å². The number of nitriles is 1. The third-order valence-corrected chi connectivity index (χ3v) is 3.68. The van der Waals surface area contributed by atoms with Gasteiger partial charge in [-0.15, -0.1) is 0 Å². The first kappa shape index (κ1) is 17.6. The summed E-state index contributed by atoms with van der Waals surface area (Å²) < 4.78 is 11.2. The molecule has 2 rings (SSSR count). The Labute approximate surface area is 148 Å². The second-order valence-corrected chi connectivity index (χ2v) is 5.66. The molecule has 2 aromatic rings. The Morgan fingerprint density at radius 3 is 2.62 bits per heavy atom. The SMILES string of the molecule is COc1ccc(C=C(C#N)C(=O)Nc2cccc(Br)c2)c(OC)c1. The van der Waals surface area contributed by atoms with Gasteiger partial charge in [0.1, 0.15) is 23.1 Å². The summed E-state index contributed by atoms with van der Waals surface area (Å²) in [4.78, 5) is 12.3. The molecule has 5 nitrogen and oxygen atoms in total. The Balaban J connectivity index is 2.29. The van der Waals surface area contributed by atoms with Gasteiger partial charge < -0.3 is 14.8 Å². The molecule has 1 N–H and O–H groups in total. The maximum absolute atomic E-state index is 12.3. The van der Waals surface area contributed by atoms with E-state index in [1.807, 2.05) is 12.1 Å². The van der Waals surface area contributed by atoms with Crippen LogP contribution in [0, 0.1) is 11.3 Å². The number of carbonyl (C=O) groups is 1. The molecule has 122 valence electrons. The molecule has 0 aromatic heterocycles. The van der Waals surface area contributed by atoms with E-state index in [1.54, 1.807) is 43.5 Å². The van der Waals surface area contributed by atoms with Crippen LogP contribution in [-0.2, 0) is 4.79 Å². The van der Waals surface area contributed by atoms with Crippen LogP contribution in [0.3, 0.4) is 0 Å². The molecule has 0 heterocycles. The van der Waals surface area contributed by atoms with Crippen LogP contribution in [0.1, 0.15) is 5.56 Å². The summed E-state index contributed by atoms with van der Waals surface area (Å²) in [5, 5.41) is 12.0. The Morgan fingerprint density at radius 2 is 2.00 bits per heavy atom. The van der Waals surface area contributed by atoms with Crippen LogP contribution in [0.25, 0.3) is 6.08 Å². The van der Waals surface area contributed by atoms with Gasteiger partial charge >= 0.3 is 0 Å². The predicted octanol–water partition coefficient (Wildman–Crippen LogP) is 4.01. The highest BCUT2D eigenvalue weighted by atomic mass is 79.9. The first-order valence-electron chi connectivity index (χ1n) is 6.98. The van der Waals surface area contributed by atoms with Crippen molar-refractivity contribution in [2.75, 3.05) is 19.5 Å². The third-order valence-electron chi connectivity index (χ3n) is 3.19. The largest absolute Gasteiger partial charge is 0.497 e. The highest BCUT2D eigenvalue weighted by Crippen LogP contribution is 2.26. The number of nitrogens with one attached hydrogen (secondary N) is 1. The minimum atomic E-state index is -0.492. The lowest BCUT2D eigenvalue weighted by atomic mass is 10.1. The molecule has 0 fully saturated rings. The zero-order valence-corrected chi connectivity index (χ0v) is 14.8. The van der Waals surface area contributed by atoms with E-state index in [0.29, 0.717) is 22.7 Å². The second-order valence-electron chi connectivity index (χ2n) is 4.74. The van der Waals surface area contributed by atoms with Crippen LogP contribution < -0.4 is 14.8 Å². The molecule has 0 aliphatic carbocycles. The number of hydrogen-bond donors (Lipinski definition) is 1. The van der Waals surface area contributed by atoms with Gasteiger partial charge in [-0.05, 0) is 36.4 Å². The van der Waals surface area contributed by atoms with Gasteiger partial charge in [-0.3, -0.25) is 4.79 Å². The van der Waals surface area contributed by atoms with Crippen molar-refractivity contribution in [3.8, 4) is 17.6 Å². The van der Waals surface area contributed by atoms with Crippen molar-refractivity contribution in [2.24, 2.45) is 0 Å². The summed E-state index contributed by atoms with van der Waals surface area (Å²) >= 11 is 3.33. The molecule has 6 heteroatoms. The van der Waals surface area contributed by atoms with E-state index >= 15 is 0 Å². The minimum Gasteiger partial charge on any atom is -0.497 e. The molecule has 0 unspecified atom stereocenters. The van der Waals surface area contributed by atoms with E-state index in [1.165, 1.54) is 13.2 Å². The molecule has 0 spiro atoms. The first-order valence-corrected chi connectivity index (χ1v) is 7.77. The fraction of sp³-hybridized carbons (Fsp3) is 0.111. The molecule has 0 saturated heterocycles. The average molecular weight is 387 g/mol. The van der Waals surface area contributed by atoms with Gasteiger partial charge in [-0.1, -0.05) is 22.0 Å². The number of carbonyl (C=O) groups excluding carboxylic acids is 1. The van der Waals surface area contributed by atoms with Crippen LogP contribution in [0.2, 0.25) is 0 Å². The highest BCUT2D eigenvalue weighted by Gasteiger charge is 2.12. The number of rotatable bonds is 5. The van der Waals surface area contributed by atoms with Gasteiger partial charge in [-0.25, -0.2) is 0 Å². The van der Waals surface area contributed by atoms with Crippen molar-refractivity contribution in [1.29, 1.82) is 5.26 Å². The number of halogens is 1. The van der Waals surface area contributed by atoms with Crippen molar-refractivity contribution >= 4 is 33.6 Å². The molecule has 24 heavy (non-hydrogen) atoms. The topological polar surface area (TPSA) is 71.3 Å². The standard InChI is InChI=1S/C18H15BrN2O3/c1-23-16-7-6-12(17(10-16)24-2)8-13(11-20)18(22)21-15-5-3-4-14(19)9-15/h3-10H,1-2H3,(H,21,22). The predicted molar refractivity (Wildman–Crippen MR) is 95.9 cm³/mol. The maximum Gasteiger partial charge on any atom is 0.266 e. The number of nitrogens with zero attached hydrogens (tertiary/aromatic N) is 1. The van der Waals surface area contributed by atoms with Gasteiger partial charge in [-0.2, -0.15) is 5.26 Å². The molecule has 0 radical (unpaired) electrons. The lowest BCUT2D eigenvalue weighted by Crippen LogP contribution is -2.13. The molecule has 0 aliphatic heterocycles. The summed E-state index contributed by atoms with van der Waals surface area (Å²) in [5.74, 6) is 0.645. The van der Waals surface area contributed by atoms with Crippen LogP contribution in [-0.4, -0.2) is 20.1 Å². The van der Waals surface area contributed by atoms with Gasteiger partial charge in [0.2, 0.25) is 0 Å². The number of methoxy groups -OCH3 is 2. The number of anilines is 1. The Morgan fingerprint density at radius 1 is 1.21 bits per heavy atom. The zero-order valence-electron chi connectivity index (χ0n) is 13.2. The van der Waals surface area contributed by atoms with Gasteiger partial charge in [0.25, 0.3) is 5.91 Å². The summed E-state index contributed by atoms with van der Waals surface area (Å²) in [7, 11) is 3.07. The summed E-state index contributed by atoms with van der Waals surface area (Å²) in [5.41, 5.74) is 1.18. The maximum atomic E-state index is 12.3. The average Bonchev–Trinajstić information content (AvgIpc) is 2.59. The normalized spacial score (nSPS) is 10.7. The quantitative estimate of drug-likeness (QED) is 0.622. The van der Waals surface area contributed by atoms with E-state index in [9.17, 15) is 10.1 Å². The monoisotopic (exact) mass is 386 g/mol. The fourth-order valence-electron chi connectivity index (χ4n) is 2.01. The molecule has 0 aliphatic rings. The molecule has 2 aromatic carbocycles. The molecule has 0 bridgehead atoms. The van der Waals surface area contributed by atoms with Crippen molar-refractivity contribution in [1.82, 2.24) is 0 Å². The first-order chi connectivity index (χ1) is 11.6. The smallest absolute Gasteiger partial charge is 0.266 e. The van der Waals surface area contributed by atoms with Crippen molar-refractivity contribution in [3.63, 3.8) is 0 Å². The third kappa shape index (κ3) is 4.37. The van der Waals surface area contributed by atoms with E-state index < -0.39 is 5.91 Å². The van der Waals surface area contributed by atoms with E-state index in [2.05, 4.69) is 21.2 Å². The Hall–Kier alpha value is -2.78. The van der Waals surface area contributed by atoms with E-state index in [4.69, 9.17) is 9.47 Å². The zero-order chi connectivity index (χ0) is 17.5. The van der Waals surface area contributed by atoms with Crippen LogP contribution >= 0.6 is 15.9 Å². The van der Waals surface area contributed by atoms with E-state index in [-0.39, 0.29) is 5.57 Å². The van der Waals surface area contributed by atoms with Gasteiger partial charge in [0.15, 0.2) is 0 Å². The lowest BCUT2D eigenvalue weighted by molar-refractivity contribution is -0.112. The molecular formula is C18H15BrN2O3. The highest BCUT2D eigenvalue weighted by molar-refractivity contribution is 9.10. The van der Waals surface area contributed by atoms with Gasteiger partial charge in [0.05, 0.1) is 14.2 Å². The van der Waals surface area contributed by atoms with Crippen molar-refractivity contribution < 1.29 is 14.3 Å². The second kappa shape index (κ2) is 8.18. The molecule has 0 atom stereocenters. The number of amides is 1. The lowest BCUT2D eigenvalue weighted by Gasteiger charge is -2.08.